The molecule has 2 rings (SSSR count). The standard InChI is InChI=1S/C12H23N5O3S/c1-11(2)20-7-8-21(18,19)17-5-3-16(4-6-17)9-12-13-10-14-15-12/h10-11H,3-9H2,1-2H3,(H,13,14,15). The van der Waals surface area contributed by atoms with E-state index in [-0.39, 0.29) is 18.5 Å². The fourth-order valence-corrected chi connectivity index (χ4v) is 3.49. The minimum Gasteiger partial charge on any atom is -0.378 e. The zero-order valence-electron chi connectivity index (χ0n) is 12.5. The van der Waals surface area contributed by atoms with Gasteiger partial charge in [-0.2, -0.15) is 9.40 Å². The van der Waals surface area contributed by atoms with E-state index in [1.54, 1.807) is 4.31 Å². The highest BCUT2D eigenvalue weighted by Crippen LogP contribution is 2.10. The highest BCUT2D eigenvalue weighted by Gasteiger charge is 2.26. The Bertz CT molecular complexity index is 509. The molecule has 8 nitrogen and oxygen atoms in total. The van der Waals surface area contributed by atoms with Crippen LogP contribution < -0.4 is 0 Å². The smallest absolute Gasteiger partial charge is 0.216 e. The van der Waals surface area contributed by atoms with E-state index in [1.165, 1.54) is 6.33 Å². The maximum Gasteiger partial charge on any atom is 0.216 e. The number of aromatic amines is 1. The number of aromatic nitrogens is 3. The normalized spacial score (nSPS) is 18.4. The fourth-order valence-electron chi connectivity index (χ4n) is 2.20. The Morgan fingerprint density at radius 3 is 2.62 bits per heavy atom. The number of hydrogen-bond acceptors (Lipinski definition) is 6. The van der Waals surface area contributed by atoms with Gasteiger partial charge >= 0.3 is 0 Å². The molecule has 21 heavy (non-hydrogen) atoms. The monoisotopic (exact) mass is 317 g/mol. The molecule has 0 aromatic carbocycles. The third-order valence-electron chi connectivity index (χ3n) is 3.36. The van der Waals surface area contributed by atoms with Crippen molar-refractivity contribution in [2.75, 3.05) is 38.5 Å². The number of nitrogens with one attached hydrogen (secondary N) is 1. The van der Waals surface area contributed by atoms with E-state index in [1.807, 2.05) is 13.8 Å². The van der Waals surface area contributed by atoms with Crippen molar-refractivity contribution in [3.63, 3.8) is 0 Å². The minimum absolute atomic E-state index is 0.0489. The Labute approximate surface area is 125 Å². The quantitative estimate of drug-likeness (QED) is 0.741. The van der Waals surface area contributed by atoms with E-state index in [4.69, 9.17) is 4.74 Å². The van der Waals surface area contributed by atoms with Crippen LogP contribution in [0.2, 0.25) is 0 Å². The first-order chi connectivity index (χ1) is 9.97. The number of piperazine rings is 1. The summed E-state index contributed by atoms with van der Waals surface area (Å²) in [4.78, 5) is 6.24. The fraction of sp³-hybridized carbons (Fsp3) is 0.833. The van der Waals surface area contributed by atoms with Gasteiger partial charge in [0, 0.05) is 26.2 Å². The summed E-state index contributed by atoms with van der Waals surface area (Å²) in [5.41, 5.74) is 0. The predicted molar refractivity (Wildman–Crippen MR) is 78.1 cm³/mol. The summed E-state index contributed by atoms with van der Waals surface area (Å²) in [6.07, 6.45) is 1.53. The molecule has 9 heteroatoms. The van der Waals surface area contributed by atoms with Crippen LogP contribution in [0.15, 0.2) is 6.33 Å². The molecule has 0 spiro atoms. The highest BCUT2D eigenvalue weighted by atomic mass is 32.2. The van der Waals surface area contributed by atoms with Crippen molar-refractivity contribution in [2.45, 2.75) is 26.5 Å². The third-order valence-corrected chi connectivity index (χ3v) is 5.19. The summed E-state index contributed by atoms with van der Waals surface area (Å²) in [6.45, 7) is 7.14. The van der Waals surface area contributed by atoms with Gasteiger partial charge in [0.05, 0.1) is 25.0 Å². The molecule has 1 fully saturated rings. The van der Waals surface area contributed by atoms with E-state index in [0.29, 0.717) is 32.7 Å². The zero-order chi connectivity index (χ0) is 15.3. The van der Waals surface area contributed by atoms with E-state index in [2.05, 4.69) is 20.1 Å². The number of ether oxygens (including phenoxy) is 1. The number of nitrogens with zero attached hydrogens (tertiary/aromatic N) is 4. The maximum atomic E-state index is 12.2. The molecular weight excluding hydrogens is 294 g/mol. The van der Waals surface area contributed by atoms with E-state index >= 15 is 0 Å². The summed E-state index contributed by atoms with van der Waals surface area (Å²) >= 11 is 0. The van der Waals surface area contributed by atoms with E-state index in [9.17, 15) is 8.42 Å². The van der Waals surface area contributed by atoms with Crippen molar-refractivity contribution in [2.24, 2.45) is 0 Å². The molecule has 0 radical (unpaired) electrons. The van der Waals surface area contributed by atoms with Gasteiger partial charge in [-0.25, -0.2) is 13.4 Å². The highest BCUT2D eigenvalue weighted by molar-refractivity contribution is 7.89. The maximum absolute atomic E-state index is 12.2. The Morgan fingerprint density at radius 1 is 1.33 bits per heavy atom. The molecule has 1 aliphatic heterocycles. The molecule has 0 bridgehead atoms. The minimum atomic E-state index is -3.22. The molecule has 1 N–H and O–H groups in total. The van der Waals surface area contributed by atoms with Crippen LogP contribution in [0.5, 0.6) is 0 Å². The molecule has 0 unspecified atom stereocenters. The first kappa shape index (κ1) is 16.3. The van der Waals surface area contributed by atoms with E-state index < -0.39 is 10.0 Å². The average Bonchev–Trinajstić information content (AvgIpc) is 2.91. The number of hydrogen-bond donors (Lipinski definition) is 1. The Morgan fingerprint density at radius 2 is 2.05 bits per heavy atom. The molecule has 120 valence electrons. The van der Waals surface area contributed by atoms with Crippen molar-refractivity contribution in [1.82, 2.24) is 24.4 Å². The SMILES string of the molecule is CC(C)OCCS(=O)(=O)N1CCN(Cc2ncn[nH]2)CC1. The van der Waals surface area contributed by atoms with Crippen LogP contribution >= 0.6 is 0 Å². The van der Waals surface area contributed by atoms with Gasteiger partial charge in [0.1, 0.15) is 12.2 Å². The lowest BCUT2D eigenvalue weighted by Gasteiger charge is -2.33. The van der Waals surface area contributed by atoms with Crippen LogP contribution in [0, 0.1) is 0 Å². The Kier molecular flexibility index (Phi) is 5.68. The van der Waals surface area contributed by atoms with Crippen molar-refractivity contribution < 1.29 is 13.2 Å². The first-order valence-corrected chi connectivity index (χ1v) is 8.74. The van der Waals surface area contributed by atoms with Crippen LogP contribution in [0.1, 0.15) is 19.7 Å². The van der Waals surface area contributed by atoms with Crippen LogP contribution in [-0.2, 0) is 21.3 Å². The molecule has 1 saturated heterocycles. The Balaban J connectivity index is 1.77. The van der Waals surface area contributed by atoms with Gasteiger partial charge < -0.3 is 4.74 Å². The van der Waals surface area contributed by atoms with Crippen LogP contribution in [0.3, 0.4) is 0 Å². The zero-order valence-corrected chi connectivity index (χ0v) is 13.3. The largest absolute Gasteiger partial charge is 0.378 e. The molecule has 0 aliphatic carbocycles. The average molecular weight is 317 g/mol. The van der Waals surface area contributed by atoms with Crippen LogP contribution in [0.25, 0.3) is 0 Å². The molecule has 0 amide bonds. The van der Waals surface area contributed by atoms with Crippen molar-refractivity contribution >= 4 is 10.0 Å². The lowest BCUT2D eigenvalue weighted by molar-refractivity contribution is 0.0902. The van der Waals surface area contributed by atoms with Crippen LogP contribution in [0.4, 0.5) is 0 Å². The van der Waals surface area contributed by atoms with Gasteiger partial charge in [-0.3, -0.25) is 10.00 Å². The summed E-state index contributed by atoms with van der Waals surface area (Å²) in [7, 11) is -3.22. The molecule has 1 aromatic rings. The number of H-pyrrole nitrogens is 1. The van der Waals surface area contributed by atoms with Gasteiger partial charge in [-0.05, 0) is 13.8 Å². The topological polar surface area (TPSA) is 91.4 Å². The summed E-state index contributed by atoms with van der Waals surface area (Å²) in [5, 5.41) is 6.62. The second-order valence-electron chi connectivity index (χ2n) is 5.34. The second kappa shape index (κ2) is 7.30. The van der Waals surface area contributed by atoms with Crippen LogP contribution in [-0.4, -0.2) is 77.4 Å². The molecule has 2 heterocycles. The van der Waals surface area contributed by atoms with Crippen molar-refractivity contribution in [3.8, 4) is 0 Å². The van der Waals surface area contributed by atoms with E-state index in [0.717, 1.165) is 5.82 Å². The second-order valence-corrected chi connectivity index (χ2v) is 7.43. The summed E-state index contributed by atoms with van der Waals surface area (Å²) in [5.74, 6) is 0.851. The Hall–Kier alpha value is -1.03. The lowest BCUT2D eigenvalue weighted by atomic mass is 10.3. The van der Waals surface area contributed by atoms with Gasteiger partial charge in [0.2, 0.25) is 10.0 Å². The number of rotatable bonds is 7. The first-order valence-electron chi connectivity index (χ1n) is 7.13. The van der Waals surface area contributed by atoms with Crippen molar-refractivity contribution in [1.29, 1.82) is 0 Å². The molecule has 0 saturated carbocycles. The van der Waals surface area contributed by atoms with Crippen molar-refractivity contribution in [3.05, 3.63) is 12.2 Å². The summed E-state index contributed by atoms with van der Waals surface area (Å²) < 4.78 is 31.3. The lowest BCUT2D eigenvalue weighted by Crippen LogP contribution is -2.49. The molecule has 1 aliphatic rings. The molecule has 1 aromatic heterocycles. The molecular formula is C12H23N5O3S. The van der Waals surface area contributed by atoms with Gasteiger partial charge in [-0.1, -0.05) is 0 Å². The third kappa shape index (κ3) is 5.03. The molecule has 0 atom stereocenters. The van der Waals surface area contributed by atoms with Gasteiger partial charge in [0.25, 0.3) is 0 Å². The van der Waals surface area contributed by atoms with Gasteiger partial charge in [-0.15, -0.1) is 0 Å². The number of sulfonamides is 1. The predicted octanol–water partition coefficient (Wildman–Crippen LogP) is -0.323. The van der Waals surface area contributed by atoms with Gasteiger partial charge in [0.15, 0.2) is 0 Å². The summed E-state index contributed by atoms with van der Waals surface area (Å²) in [6, 6.07) is 0.